The molecule has 1 aromatic carbocycles. The number of nitrogens with one attached hydrogen (secondary N) is 1. The summed E-state index contributed by atoms with van der Waals surface area (Å²) in [7, 11) is 0. The Morgan fingerprint density at radius 1 is 1.14 bits per heavy atom. The molecule has 3 atom stereocenters. The van der Waals surface area contributed by atoms with Crippen molar-refractivity contribution >= 4 is 52.7 Å². The Morgan fingerprint density at radius 3 is 2.31 bits per heavy atom. The average molecular weight is 545 g/mol. The molecule has 0 unspecified atom stereocenters. The molecule has 200 valence electrons. The number of aliphatic carboxylic acids is 1. The van der Waals surface area contributed by atoms with Gasteiger partial charge in [0.1, 0.15) is 12.1 Å². The summed E-state index contributed by atoms with van der Waals surface area (Å²) in [4.78, 5) is 52.2. The lowest BCUT2D eigenvalue weighted by atomic mass is 10.0. The number of Topliss-reactive ketones (excluding diaryl/α,β-unsaturated/α-hetero) is 1. The SMILES string of the molecule is NC(N)=NCCC[C@H](NC(=O)[C@@H]1CCCN1C(=O)[C@H](N)Cc1ccccc1)C(=O)O.O=C(CCl)CCl. The second-order valence-electron chi connectivity index (χ2n) is 8.14. The standard InChI is InChI=1S/C20H30N6O4.C3H4Cl2O/c21-14(12-13-6-2-1-3-7-13)18(28)26-11-5-9-16(26)17(27)25-15(19(29)30)8-4-10-24-20(22)23;4-1-3(6)2-5/h1-3,6-7,14-16H,4-5,8-12,21H2,(H,25,27)(H,29,30)(H4,22,23,24);1-2H2/t14-,15+,16+;/m1./s1. The van der Waals surface area contributed by atoms with Crippen molar-refractivity contribution in [1.82, 2.24) is 10.2 Å². The van der Waals surface area contributed by atoms with Gasteiger partial charge in [-0.3, -0.25) is 19.4 Å². The number of hydrogen-bond donors (Lipinski definition) is 5. The van der Waals surface area contributed by atoms with Crippen LogP contribution in [0.2, 0.25) is 0 Å². The molecule has 11 nitrogen and oxygen atoms in total. The van der Waals surface area contributed by atoms with E-state index in [1.54, 1.807) is 0 Å². The molecular weight excluding hydrogens is 511 g/mol. The smallest absolute Gasteiger partial charge is 0.326 e. The van der Waals surface area contributed by atoms with Gasteiger partial charge in [-0.25, -0.2) is 4.79 Å². The highest BCUT2D eigenvalue weighted by Gasteiger charge is 2.37. The van der Waals surface area contributed by atoms with Gasteiger partial charge >= 0.3 is 5.97 Å². The first-order valence-electron chi connectivity index (χ1n) is 11.4. The molecule has 36 heavy (non-hydrogen) atoms. The molecule has 0 aromatic heterocycles. The molecule has 1 saturated heterocycles. The number of carboxylic acids is 1. The van der Waals surface area contributed by atoms with Crippen LogP contribution in [0.4, 0.5) is 0 Å². The van der Waals surface area contributed by atoms with E-state index in [4.69, 9.17) is 40.4 Å². The summed E-state index contributed by atoms with van der Waals surface area (Å²) in [6.07, 6.45) is 2.06. The molecule has 0 bridgehead atoms. The molecule has 0 saturated carbocycles. The highest BCUT2D eigenvalue weighted by atomic mass is 35.5. The van der Waals surface area contributed by atoms with Crippen LogP contribution in [-0.4, -0.2) is 82.5 Å². The summed E-state index contributed by atoms with van der Waals surface area (Å²) in [5, 5.41) is 11.9. The fourth-order valence-corrected chi connectivity index (χ4v) is 3.82. The lowest BCUT2D eigenvalue weighted by molar-refractivity contribution is -0.144. The number of nitrogens with two attached hydrogens (primary N) is 3. The summed E-state index contributed by atoms with van der Waals surface area (Å²) in [5.41, 5.74) is 17.5. The van der Waals surface area contributed by atoms with Crippen LogP contribution in [0, 0.1) is 0 Å². The van der Waals surface area contributed by atoms with E-state index < -0.39 is 30.0 Å². The second-order valence-corrected chi connectivity index (χ2v) is 8.67. The Hall–Kier alpha value is -2.89. The van der Waals surface area contributed by atoms with Gasteiger partial charge in [0.2, 0.25) is 11.8 Å². The number of alkyl halides is 2. The van der Waals surface area contributed by atoms with E-state index in [-0.39, 0.29) is 42.4 Å². The van der Waals surface area contributed by atoms with Crippen molar-refractivity contribution in [2.45, 2.75) is 50.2 Å². The zero-order valence-corrected chi connectivity index (χ0v) is 21.5. The molecule has 13 heteroatoms. The summed E-state index contributed by atoms with van der Waals surface area (Å²) < 4.78 is 0. The molecule has 1 aliphatic rings. The van der Waals surface area contributed by atoms with Crippen LogP contribution in [0.3, 0.4) is 0 Å². The first-order chi connectivity index (χ1) is 17.1. The number of hydrogen-bond acceptors (Lipinski definition) is 6. The number of halogens is 2. The molecule has 0 aliphatic carbocycles. The van der Waals surface area contributed by atoms with Crippen LogP contribution in [-0.2, 0) is 25.6 Å². The largest absolute Gasteiger partial charge is 0.480 e. The number of benzene rings is 1. The first-order valence-corrected chi connectivity index (χ1v) is 12.5. The van der Waals surface area contributed by atoms with Gasteiger partial charge in [0.25, 0.3) is 0 Å². The van der Waals surface area contributed by atoms with Gasteiger partial charge in [-0.05, 0) is 37.7 Å². The number of amides is 2. The van der Waals surface area contributed by atoms with Crippen molar-refractivity contribution in [3.8, 4) is 0 Å². The number of rotatable bonds is 12. The van der Waals surface area contributed by atoms with E-state index in [1.807, 2.05) is 30.3 Å². The minimum Gasteiger partial charge on any atom is -0.480 e. The molecular formula is C23H34Cl2N6O5. The molecule has 2 rings (SSSR count). The quantitative estimate of drug-likeness (QED) is 0.106. The molecule has 1 fully saturated rings. The fourth-order valence-electron chi connectivity index (χ4n) is 3.54. The number of nitrogens with zero attached hydrogens (tertiary/aromatic N) is 2. The van der Waals surface area contributed by atoms with E-state index in [1.165, 1.54) is 4.90 Å². The van der Waals surface area contributed by atoms with Gasteiger partial charge in [-0.1, -0.05) is 30.3 Å². The average Bonchev–Trinajstić information content (AvgIpc) is 3.35. The van der Waals surface area contributed by atoms with Crippen LogP contribution < -0.4 is 22.5 Å². The maximum absolute atomic E-state index is 12.8. The van der Waals surface area contributed by atoms with Crippen LogP contribution in [0.1, 0.15) is 31.2 Å². The van der Waals surface area contributed by atoms with Gasteiger partial charge in [0.05, 0.1) is 17.8 Å². The van der Waals surface area contributed by atoms with Crippen LogP contribution >= 0.6 is 23.2 Å². The Kier molecular flexibility index (Phi) is 14.5. The van der Waals surface area contributed by atoms with E-state index in [9.17, 15) is 24.3 Å². The third-order valence-electron chi connectivity index (χ3n) is 5.31. The number of carboxylic acid groups (broad SMARTS) is 1. The highest BCUT2D eigenvalue weighted by Crippen LogP contribution is 2.19. The maximum atomic E-state index is 12.8. The maximum Gasteiger partial charge on any atom is 0.326 e. The van der Waals surface area contributed by atoms with E-state index in [0.717, 1.165) is 5.56 Å². The summed E-state index contributed by atoms with van der Waals surface area (Å²) in [6, 6.07) is 6.84. The fraction of sp³-hybridized carbons (Fsp3) is 0.522. The van der Waals surface area contributed by atoms with Gasteiger partial charge in [-0.15, -0.1) is 23.2 Å². The molecule has 1 aromatic rings. The molecule has 1 aliphatic heterocycles. The topological polar surface area (TPSA) is 194 Å². The third kappa shape index (κ3) is 11.2. The lowest BCUT2D eigenvalue weighted by Gasteiger charge is -2.27. The predicted molar refractivity (Wildman–Crippen MR) is 139 cm³/mol. The van der Waals surface area contributed by atoms with Crippen molar-refractivity contribution < 1.29 is 24.3 Å². The number of aliphatic imine (C=N–C) groups is 1. The molecule has 0 radical (unpaired) electrons. The van der Waals surface area contributed by atoms with E-state index in [0.29, 0.717) is 32.2 Å². The normalized spacial score (nSPS) is 16.2. The zero-order valence-electron chi connectivity index (χ0n) is 19.9. The Balaban J connectivity index is 0.000000960. The first kappa shape index (κ1) is 31.1. The second kappa shape index (κ2) is 16.7. The van der Waals surface area contributed by atoms with Crippen LogP contribution in [0.5, 0.6) is 0 Å². The Bertz CT molecular complexity index is 892. The number of carbonyl (C=O) groups excluding carboxylic acids is 3. The number of ketones is 1. The summed E-state index contributed by atoms with van der Waals surface area (Å²) >= 11 is 10.0. The highest BCUT2D eigenvalue weighted by molar-refractivity contribution is 6.35. The Labute approximate surface area is 220 Å². The lowest BCUT2D eigenvalue weighted by Crippen LogP contribution is -2.54. The van der Waals surface area contributed by atoms with E-state index in [2.05, 4.69) is 10.3 Å². The zero-order chi connectivity index (χ0) is 27.1. The third-order valence-corrected chi connectivity index (χ3v) is 5.91. The molecule has 1 heterocycles. The van der Waals surface area contributed by atoms with Crippen molar-refractivity contribution in [3.05, 3.63) is 35.9 Å². The van der Waals surface area contributed by atoms with Crippen molar-refractivity contribution in [1.29, 1.82) is 0 Å². The summed E-state index contributed by atoms with van der Waals surface area (Å²) in [6.45, 7) is 0.687. The van der Waals surface area contributed by atoms with Gasteiger partial charge in [0.15, 0.2) is 11.7 Å². The van der Waals surface area contributed by atoms with Crippen molar-refractivity contribution in [2.24, 2.45) is 22.2 Å². The van der Waals surface area contributed by atoms with Crippen molar-refractivity contribution in [2.75, 3.05) is 24.8 Å². The predicted octanol–water partition coefficient (Wildman–Crippen LogP) is 0.204. The number of guanidine groups is 1. The van der Waals surface area contributed by atoms with Gasteiger partial charge in [-0.2, -0.15) is 0 Å². The minimum atomic E-state index is -1.15. The molecule has 2 amide bonds. The van der Waals surface area contributed by atoms with E-state index >= 15 is 0 Å². The molecule has 8 N–H and O–H groups in total. The number of carbonyl (C=O) groups is 4. The van der Waals surface area contributed by atoms with Gasteiger partial charge < -0.3 is 32.5 Å². The minimum absolute atomic E-state index is 0.0312. The number of likely N-dealkylation sites (tertiary alicyclic amines) is 1. The van der Waals surface area contributed by atoms with Crippen LogP contribution in [0.25, 0.3) is 0 Å². The van der Waals surface area contributed by atoms with Crippen LogP contribution in [0.15, 0.2) is 35.3 Å². The monoisotopic (exact) mass is 544 g/mol. The van der Waals surface area contributed by atoms with Crippen molar-refractivity contribution in [3.63, 3.8) is 0 Å². The Morgan fingerprint density at radius 2 is 1.78 bits per heavy atom. The summed E-state index contributed by atoms with van der Waals surface area (Å²) in [5.74, 6) is -2.08. The molecule has 0 spiro atoms. The van der Waals surface area contributed by atoms with Gasteiger partial charge in [0, 0.05) is 13.1 Å².